The van der Waals surface area contributed by atoms with Crippen LogP contribution in [0, 0.1) is 5.92 Å². The average molecular weight is 348 g/mol. The van der Waals surface area contributed by atoms with E-state index in [0.29, 0.717) is 23.8 Å². The van der Waals surface area contributed by atoms with E-state index in [-0.39, 0.29) is 30.7 Å². The summed E-state index contributed by atoms with van der Waals surface area (Å²) >= 11 is 0. The second-order valence-electron chi connectivity index (χ2n) is 5.86. The zero-order valence-electron chi connectivity index (χ0n) is 13.2. The van der Waals surface area contributed by atoms with Crippen LogP contribution < -0.4 is 11.1 Å². The number of carbonyl (C=O) groups is 1. The topological polar surface area (TPSA) is 58.4 Å². The number of carbonyl (C=O) groups excluding carboxylic acids is 1. The fraction of sp³-hybridized carbons (Fsp3) is 0.562. The van der Waals surface area contributed by atoms with Crippen LogP contribution in [-0.2, 0) is 0 Å². The zero-order valence-corrected chi connectivity index (χ0v) is 14.9. The standard InChI is InChI=1S/C16H25N3O.2ClH/c1-12-7-9-19(10-8-12)13(2)11-18-16(20)14-5-3-4-6-15(14)17;;/h3-6,12-13H,7-11,17H2,1-2H3,(H,18,20);2*1H. The van der Waals surface area contributed by atoms with E-state index in [1.807, 2.05) is 12.1 Å². The van der Waals surface area contributed by atoms with Gasteiger partial charge in [-0.25, -0.2) is 0 Å². The first-order valence-electron chi connectivity index (χ1n) is 7.44. The Kier molecular flexibility index (Phi) is 9.49. The van der Waals surface area contributed by atoms with Gasteiger partial charge in [0, 0.05) is 18.3 Å². The van der Waals surface area contributed by atoms with Crippen LogP contribution in [0.25, 0.3) is 0 Å². The third kappa shape index (κ3) is 5.67. The van der Waals surface area contributed by atoms with E-state index in [2.05, 4.69) is 24.1 Å². The maximum Gasteiger partial charge on any atom is 0.253 e. The summed E-state index contributed by atoms with van der Waals surface area (Å²) < 4.78 is 0. The number of nitrogens with zero attached hydrogens (tertiary/aromatic N) is 1. The lowest BCUT2D eigenvalue weighted by atomic mass is 9.98. The van der Waals surface area contributed by atoms with Crippen molar-refractivity contribution in [3.63, 3.8) is 0 Å². The summed E-state index contributed by atoms with van der Waals surface area (Å²) in [6.07, 6.45) is 2.51. The van der Waals surface area contributed by atoms with Gasteiger partial charge in [-0.3, -0.25) is 9.69 Å². The molecule has 1 heterocycles. The van der Waals surface area contributed by atoms with Crippen molar-refractivity contribution in [3.05, 3.63) is 29.8 Å². The predicted molar refractivity (Wildman–Crippen MR) is 97.1 cm³/mol. The molecule has 0 radical (unpaired) electrons. The van der Waals surface area contributed by atoms with E-state index in [1.165, 1.54) is 12.8 Å². The molecule has 2 rings (SSSR count). The molecule has 0 saturated carbocycles. The van der Waals surface area contributed by atoms with Crippen LogP contribution in [0.1, 0.15) is 37.0 Å². The number of benzene rings is 1. The van der Waals surface area contributed by atoms with Crippen LogP contribution in [0.2, 0.25) is 0 Å². The van der Waals surface area contributed by atoms with E-state index in [4.69, 9.17) is 5.73 Å². The van der Waals surface area contributed by atoms with Gasteiger partial charge < -0.3 is 11.1 Å². The van der Waals surface area contributed by atoms with Crippen molar-refractivity contribution in [2.75, 3.05) is 25.4 Å². The number of nitrogens with one attached hydrogen (secondary N) is 1. The molecule has 0 bridgehead atoms. The van der Waals surface area contributed by atoms with E-state index in [1.54, 1.807) is 12.1 Å². The lowest BCUT2D eigenvalue weighted by Crippen LogP contribution is -2.45. The number of rotatable bonds is 4. The molecule has 1 amide bonds. The van der Waals surface area contributed by atoms with E-state index >= 15 is 0 Å². The maximum atomic E-state index is 12.1. The Balaban J connectivity index is 0.00000220. The smallest absolute Gasteiger partial charge is 0.253 e. The number of hydrogen-bond acceptors (Lipinski definition) is 3. The first-order valence-corrected chi connectivity index (χ1v) is 7.44. The van der Waals surface area contributed by atoms with Crippen LogP contribution in [-0.4, -0.2) is 36.5 Å². The fourth-order valence-electron chi connectivity index (χ4n) is 2.64. The molecule has 1 saturated heterocycles. The molecule has 1 unspecified atom stereocenters. The third-order valence-electron chi connectivity index (χ3n) is 4.21. The lowest BCUT2D eigenvalue weighted by Gasteiger charge is -2.35. The number of nitrogens with two attached hydrogens (primary N) is 1. The minimum atomic E-state index is -0.0830. The Hall–Kier alpha value is -0.970. The molecule has 126 valence electrons. The molecule has 0 aromatic heterocycles. The molecule has 1 aliphatic rings. The first-order chi connectivity index (χ1) is 9.58. The summed E-state index contributed by atoms with van der Waals surface area (Å²) in [5.41, 5.74) is 6.91. The highest BCUT2D eigenvalue weighted by Crippen LogP contribution is 2.17. The van der Waals surface area contributed by atoms with Crippen molar-refractivity contribution < 1.29 is 4.79 Å². The lowest BCUT2D eigenvalue weighted by molar-refractivity contribution is 0.0922. The van der Waals surface area contributed by atoms with Crippen molar-refractivity contribution in [1.82, 2.24) is 10.2 Å². The maximum absolute atomic E-state index is 12.1. The minimum Gasteiger partial charge on any atom is -0.398 e. The quantitative estimate of drug-likeness (QED) is 0.823. The highest BCUT2D eigenvalue weighted by Gasteiger charge is 2.20. The Bertz CT molecular complexity index is 462. The molecule has 1 aromatic carbocycles. The Morgan fingerprint density at radius 1 is 1.32 bits per heavy atom. The average Bonchev–Trinajstić information content (AvgIpc) is 2.45. The molecule has 1 aliphatic heterocycles. The van der Waals surface area contributed by atoms with Crippen LogP contribution in [0.4, 0.5) is 5.69 Å². The van der Waals surface area contributed by atoms with Crippen LogP contribution in [0.5, 0.6) is 0 Å². The van der Waals surface area contributed by atoms with Crippen LogP contribution in [0.3, 0.4) is 0 Å². The molecular formula is C16H27Cl2N3O. The second kappa shape index (κ2) is 9.93. The number of anilines is 1. The Labute approximate surface area is 145 Å². The Morgan fingerprint density at radius 3 is 2.50 bits per heavy atom. The molecule has 1 fully saturated rings. The molecule has 3 N–H and O–H groups in total. The van der Waals surface area contributed by atoms with Gasteiger partial charge in [0.2, 0.25) is 0 Å². The molecular weight excluding hydrogens is 321 g/mol. The van der Waals surface area contributed by atoms with Gasteiger partial charge in [-0.1, -0.05) is 19.1 Å². The van der Waals surface area contributed by atoms with E-state index < -0.39 is 0 Å². The summed E-state index contributed by atoms with van der Waals surface area (Å²) in [6.45, 7) is 7.41. The zero-order chi connectivity index (χ0) is 14.5. The molecule has 0 spiro atoms. The SMILES string of the molecule is CC1CCN(C(C)CNC(=O)c2ccccc2N)CC1.Cl.Cl. The molecule has 1 atom stereocenters. The number of hydrogen-bond donors (Lipinski definition) is 2. The minimum absolute atomic E-state index is 0. The van der Waals surface area contributed by atoms with Crippen molar-refractivity contribution in [3.8, 4) is 0 Å². The van der Waals surface area contributed by atoms with Crippen molar-refractivity contribution in [1.29, 1.82) is 0 Å². The van der Waals surface area contributed by atoms with Crippen LogP contribution >= 0.6 is 24.8 Å². The third-order valence-corrected chi connectivity index (χ3v) is 4.21. The van der Waals surface area contributed by atoms with Crippen molar-refractivity contribution in [2.24, 2.45) is 5.92 Å². The highest BCUT2D eigenvalue weighted by molar-refractivity contribution is 5.99. The monoisotopic (exact) mass is 347 g/mol. The van der Waals surface area contributed by atoms with Gasteiger partial charge in [0.1, 0.15) is 0 Å². The fourth-order valence-corrected chi connectivity index (χ4v) is 2.64. The first kappa shape index (κ1) is 21.0. The van der Waals surface area contributed by atoms with Gasteiger partial charge in [-0.05, 0) is 50.9 Å². The number of nitrogen functional groups attached to an aromatic ring is 1. The number of piperidine rings is 1. The van der Waals surface area contributed by atoms with E-state index in [0.717, 1.165) is 19.0 Å². The second-order valence-corrected chi connectivity index (χ2v) is 5.86. The molecule has 6 heteroatoms. The van der Waals surface area contributed by atoms with Gasteiger partial charge >= 0.3 is 0 Å². The highest BCUT2D eigenvalue weighted by atomic mass is 35.5. The van der Waals surface area contributed by atoms with Crippen molar-refractivity contribution >= 4 is 36.4 Å². The largest absolute Gasteiger partial charge is 0.398 e. The van der Waals surface area contributed by atoms with Gasteiger partial charge in [-0.15, -0.1) is 24.8 Å². The molecule has 1 aromatic rings. The Morgan fingerprint density at radius 2 is 1.91 bits per heavy atom. The number of amides is 1. The number of para-hydroxylation sites is 1. The number of likely N-dealkylation sites (tertiary alicyclic amines) is 1. The van der Waals surface area contributed by atoms with Crippen molar-refractivity contribution in [2.45, 2.75) is 32.7 Å². The normalized spacial score (nSPS) is 17.0. The molecule has 4 nitrogen and oxygen atoms in total. The van der Waals surface area contributed by atoms with E-state index in [9.17, 15) is 4.79 Å². The van der Waals surface area contributed by atoms with Gasteiger partial charge in [0.05, 0.1) is 5.56 Å². The van der Waals surface area contributed by atoms with Gasteiger partial charge in [0.25, 0.3) is 5.91 Å². The van der Waals surface area contributed by atoms with Gasteiger partial charge in [0.15, 0.2) is 0 Å². The summed E-state index contributed by atoms with van der Waals surface area (Å²) in [7, 11) is 0. The van der Waals surface area contributed by atoms with Crippen LogP contribution in [0.15, 0.2) is 24.3 Å². The summed E-state index contributed by atoms with van der Waals surface area (Å²) in [5, 5.41) is 2.99. The summed E-state index contributed by atoms with van der Waals surface area (Å²) in [6, 6.07) is 7.56. The number of halogens is 2. The molecule has 0 aliphatic carbocycles. The summed E-state index contributed by atoms with van der Waals surface area (Å²) in [4.78, 5) is 14.5. The van der Waals surface area contributed by atoms with Gasteiger partial charge in [-0.2, -0.15) is 0 Å². The summed E-state index contributed by atoms with van der Waals surface area (Å²) in [5.74, 6) is 0.748. The predicted octanol–water partition coefficient (Wildman–Crippen LogP) is 2.96. The molecule has 22 heavy (non-hydrogen) atoms.